The first kappa shape index (κ1) is 12.4. The first-order chi connectivity index (χ1) is 9.25. The Balaban J connectivity index is 1.59. The third-order valence-corrected chi connectivity index (χ3v) is 4.09. The van der Waals surface area contributed by atoms with Gasteiger partial charge in [0.05, 0.1) is 11.4 Å². The van der Waals surface area contributed by atoms with Crippen molar-refractivity contribution in [3.8, 4) is 0 Å². The topological polar surface area (TPSA) is 47.1 Å². The highest BCUT2D eigenvalue weighted by atomic mass is 32.1. The number of nitrogens with one attached hydrogen (secondary N) is 1. The highest BCUT2D eigenvalue weighted by Gasteiger charge is 2.08. The van der Waals surface area contributed by atoms with Crippen LogP contribution in [0.3, 0.4) is 0 Å². The van der Waals surface area contributed by atoms with Gasteiger partial charge in [-0.25, -0.2) is 4.98 Å². The van der Waals surface area contributed by atoms with Crippen LogP contribution in [0.2, 0.25) is 0 Å². The molecule has 3 aromatic rings. The Morgan fingerprint density at radius 2 is 2.32 bits per heavy atom. The number of aromatic nitrogens is 4. The van der Waals surface area contributed by atoms with Gasteiger partial charge in [-0.05, 0) is 13.0 Å². The molecule has 5 nitrogen and oxygen atoms in total. The van der Waals surface area contributed by atoms with Gasteiger partial charge in [-0.2, -0.15) is 5.10 Å². The summed E-state index contributed by atoms with van der Waals surface area (Å²) in [7, 11) is 1.98. The van der Waals surface area contributed by atoms with Crippen molar-refractivity contribution < 1.29 is 0 Å². The van der Waals surface area contributed by atoms with E-state index in [0.29, 0.717) is 0 Å². The van der Waals surface area contributed by atoms with Crippen LogP contribution in [0.4, 0.5) is 0 Å². The molecule has 3 heterocycles. The molecule has 0 spiro atoms. The van der Waals surface area contributed by atoms with Crippen molar-refractivity contribution in [2.75, 3.05) is 6.54 Å². The van der Waals surface area contributed by atoms with E-state index in [-0.39, 0.29) is 0 Å². The SMILES string of the molecule is Cc1nc2sccn2c1CNCCc1ccnn1C. The van der Waals surface area contributed by atoms with Crippen LogP contribution >= 0.6 is 11.3 Å². The molecule has 3 aromatic heterocycles. The van der Waals surface area contributed by atoms with Crippen LogP contribution in [0.1, 0.15) is 17.1 Å². The molecule has 0 bridgehead atoms. The first-order valence-electron chi connectivity index (χ1n) is 6.34. The van der Waals surface area contributed by atoms with Gasteiger partial charge in [0.15, 0.2) is 4.96 Å². The fourth-order valence-corrected chi connectivity index (χ4v) is 3.00. The van der Waals surface area contributed by atoms with Crippen molar-refractivity contribution in [3.05, 3.63) is 40.9 Å². The third kappa shape index (κ3) is 2.41. The van der Waals surface area contributed by atoms with Crippen molar-refractivity contribution in [2.24, 2.45) is 7.05 Å². The second-order valence-electron chi connectivity index (χ2n) is 4.57. The first-order valence-corrected chi connectivity index (χ1v) is 7.22. The number of rotatable bonds is 5. The van der Waals surface area contributed by atoms with E-state index in [2.05, 4.69) is 44.4 Å². The molecule has 100 valence electrons. The minimum Gasteiger partial charge on any atom is -0.311 e. The minimum atomic E-state index is 0.849. The van der Waals surface area contributed by atoms with Crippen molar-refractivity contribution in [3.63, 3.8) is 0 Å². The van der Waals surface area contributed by atoms with Gasteiger partial charge >= 0.3 is 0 Å². The fraction of sp³-hybridized carbons (Fsp3) is 0.385. The van der Waals surface area contributed by atoms with Gasteiger partial charge < -0.3 is 5.32 Å². The molecule has 0 fully saturated rings. The molecule has 0 atom stereocenters. The molecule has 0 aliphatic heterocycles. The molecule has 0 radical (unpaired) electrons. The van der Waals surface area contributed by atoms with Crippen LogP contribution in [0.25, 0.3) is 4.96 Å². The number of imidazole rings is 1. The Bertz CT molecular complexity index is 678. The second-order valence-corrected chi connectivity index (χ2v) is 5.45. The third-order valence-electron chi connectivity index (χ3n) is 3.33. The van der Waals surface area contributed by atoms with Crippen molar-refractivity contribution in [2.45, 2.75) is 19.9 Å². The zero-order valence-electron chi connectivity index (χ0n) is 11.1. The van der Waals surface area contributed by atoms with Crippen LogP contribution in [-0.2, 0) is 20.0 Å². The lowest BCUT2D eigenvalue weighted by Gasteiger charge is -2.05. The Labute approximate surface area is 115 Å². The second kappa shape index (κ2) is 5.14. The van der Waals surface area contributed by atoms with Gasteiger partial charge in [0, 0.05) is 50.0 Å². The normalized spacial score (nSPS) is 11.5. The number of aryl methyl sites for hydroxylation is 2. The summed E-state index contributed by atoms with van der Waals surface area (Å²) < 4.78 is 4.08. The van der Waals surface area contributed by atoms with Gasteiger partial charge in [-0.3, -0.25) is 9.08 Å². The maximum Gasteiger partial charge on any atom is 0.194 e. The summed E-state index contributed by atoms with van der Waals surface area (Å²) in [6.45, 7) is 3.86. The molecule has 0 amide bonds. The lowest BCUT2D eigenvalue weighted by atomic mass is 10.3. The largest absolute Gasteiger partial charge is 0.311 e. The van der Waals surface area contributed by atoms with Crippen LogP contribution < -0.4 is 5.32 Å². The quantitative estimate of drug-likeness (QED) is 0.722. The number of thiazole rings is 1. The van der Waals surface area contributed by atoms with Crippen LogP contribution in [0.15, 0.2) is 23.8 Å². The van der Waals surface area contributed by atoms with E-state index in [1.807, 2.05) is 17.9 Å². The highest BCUT2D eigenvalue weighted by molar-refractivity contribution is 7.15. The van der Waals surface area contributed by atoms with E-state index in [1.54, 1.807) is 11.3 Å². The molecule has 19 heavy (non-hydrogen) atoms. The van der Waals surface area contributed by atoms with E-state index in [0.717, 1.165) is 30.2 Å². The average Bonchev–Trinajstić information content (AvgIpc) is 3.04. The predicted molar refractivity (Wildman–Crippen MR) is 76.4 cm³/mol. The van der Waals surface area contributed by atoms with Crippen molar-refractivity contribution in [1.82, 2.24) is 24.5 Å². The number of fused-ring (bicyclic) bond motifs is 1. The molecule has 0 unspecified atom stereocenters. The summed E-state index contributed by atoms with van der Waals surface area (Å²) in [4.78, 5) is 5.61. The van der Waals surface area contributed by atoms with E-state index >= 15 is 0 Å². The van der Waals surface area contributed by atoms with Crippen LogP contribution in [0, 0.1) is 6.92 Å². The summed E-state index contributed by atoms with van der Waals surface area (Å²) in [5.74, 6) is 0. The molecule has 0 aromatic carbocycles. The molecular formula is C13H17N5S. The Kier molecular flexibility index (Phi) is 3.35. The maximum atomic E-state index is 4.54. The Hall–Kier alpha value is -1.66. The highest BCUT2D eigenvalue weighted by Crippen LogP contribution is 2.16. The predicted octanol–water partition coefficient (Wildman–Crippen LogP) is 1.77. The maximum absolute atomic E-state index is 4.54. The lowest BCUT2D eigenvalue weighted by molar-refractivity contribution is 0.633. The van der Waals surface area contributed by atoms with Gasteiger partial charge in [-0.1, -0.05) is 0 Å². The molecule has 6 heteroatoms. The van der Waals surface area contributed by atoms with E-state index in [1.165, 1.54) is 11.4 Å². The van der Waals surface area contributed by atoms with Gasteiger partial charge in [0.2, 0.25) is 0 Å². The van der Waals surface area contributed by atoms with Gasteiger partial charge in [0.25, 0.3) is 0 Å². The molecule has 0 saturated carbocycles. The van der Waals surface area contributed by atoms with E-state index in [4.69, 9.17) is 0 Å². The number of hydrogen-bond donors (Lipinski definition) is 1. The zero-order chi connectivity index (χ0) is 13.2. The van der Waals surface area contributed by atoms with Crippen LogP contribution in [0.5, 0.6) is 0 Å². The summed E-state index contributed by atoms with van der Waals surface area (Å²) in [6, 6.07) is 2.06. The average molecular weight is 275 g/mol. The lowest BCUT2D eigenvalue weighted by Crippen LogP contribution is -2.19. The number of nitrogens with zero attached hydrogens (tertiary/aromatic N) is 4. The Morgan fingerprint density at radius 1 is 1.42 bits per heavy atom. The molecule has 1 N–H and O–H groups in total. The van der Waals surface area contributed by atoms with Crippen molar-refractivity contribution >= 4 is 16.3 Å². The summed E-state index contributed by atoms with van der Waals surface area (Å²) in [5.41, 5.74) is 3.61. The minimum absolute atomic E-state index is 0.849. The summed E-state index contributed by atoms with van der Waals surface area (Å²) in [6.07, 6.45) is 4.91. The van der Waals surface area contributed by atoms with Crippen LogP contribution in [-0.4, -0.2) is 25.7 Å². The van der Waals surface area contributed by atoms with Gasteiger partial charge in [-0.15, -0.1) is 11.3 Å². The smallest absolute Gasteiger partial charge is 0.194 e. The standard InChI is InChI=1S/C13H17N5S/c1-10-12(18-7-8-19-13(18)16-10)9-14-5-3-11-4-6-15-17(11)2/h4,6-8,14H,3,5,9H2,1-2H3. The molecular weight excluding hydrogens is 258 g/mol. The number of hydrogen-bond acceptors (Lipinski definition) is 4. The zero-order valence-corrected chi connectivity index (χ0v) is 11.9. The summed E-state index contributed by atoms with van der Waals surface area (Å²) in [5, 5.41) is 9.72. The molecule has 3 rings (SSSR count). The van der Waals surface area contributed by atoms with Crippen molar-refractivity contribution in [1.29, 1.82) is 0 Å². The van der Waals surface area contributed by atoms with Gasteiger partial charge in [0.1, 0.15) is 0 Å². The van der Waals surface area contributed by atoms with E-state index in [9.17, 15) is 0 Å². The molecule has 0 saturated heterocycles. The molecule has 0 aliphatic carbocycles. The fourth-order valence-electron chi connectivity index (χ4n) is 2.22. The summed E-state index contributed by atoms with van der Waals surface area (Å²) >= 11 is 1.67. The Morgan fingerprint density at radius 3 is 3.11 bits per heavy atom. The molecule has 0 aliphatic rings. The monoisotopic (exact) mass is 275 g/mol. The van der Waals surface area contributed by atoms with E-state index < -0.39 is 0 Å².